The maximum Gasteiger partial charge on any atom is 0.337 e. The first-order valence-electron chi connectivity index (χ1n) is 5.44. The molecule has 1 N–H and O–H groups in total. The summed E-state index contributed by atoms with van der Waals surface area (Å²) in [5.41, 5.74) is 0.958. The van der Waals surface area contributed by atoms with Gasteiger partial charge in [0, 0.05) is 11.1 Å². The number of hydrogen-bond acceptors (Lipinski definition) is 2. The summed E-state index contributed by atoms with van der Waals surface area (Å²) in [5, 5.41) is 9.58. The molecular weight excluding hydrogens is 287 g/mol. The van der Waals surface area contributed by atoms with Crippen molar-refractivity contribution >= 4 is 29.2 Å². The maximum atomic E-state index is 10.8. The van der Waals surface area contributed by atoms with Crippen molar-refractivity contribution in [1.29, 1.82) is 0 Å². The zero-order valence-corrected chi connectivity index (χ0v) is 11.5. The molecule has 0 saturated carbocycles. The van der Waals surface area contributed by atoms with E-state index in [1.54, 1.807) is 18.2 Å². The highest BCUT2D eigenvalue weighted by Gasteiger charge is 2.10. The van der Waals surface area contributed by atoms with E-state index in [0.717, 1.165) is 5.56 Å². The summed E-state index contributed by atoms with van der Waals surface area (Å²) in [6.45, 7) is 1.89. The molecule has 0 fully saturated rings. The topological polar surface area (TPSA) is 46.5 Å². The first-order chi connectivity index (χ1) is 8.97. The number of rotatable bonds is 3. The van der Waals surface area contributed by atoms with E-state index >= 15 is 0 Å². The lowest BCUT2D eigenvalue weighted by atomic mass is 10.2. The van der Waals surface area contributed by atoms with Gasteiger partial charge in [0.15, 0.2) is 0 Å². The van der Waals surface area contributed by atoms with Crippen LogP contribution in [0, 0.1) is 6.92 Å². The van der Waals surface area contributed by atoms with Crippen molar-refractivity contribution in [3.63, 3.8) is 0 Å². The average Bonchev–Trinajstić information content (AvgIpc) is 2.33. The third-order valence-electron chi connectivity index (χ3n) is 2.55. The zero-order valence-electron chi connectivity index (χ0n) is 9.98. The SMILES string of the molecule is Cc1ccc(Cl)cc1Oc1ccc(C(=O)O)c(Cl)c1. The van der Waals surface area contributed by atoms with Gasteiger partial charge in [0.2, 0.25) is 0 Å². The van der Waals surface area contributed by atoms with Crippen molar-refractivity contribution in [2.45, 2.75) is 6.92 Å². The first kappa shape index (κ1) is 13.7. The lowest BCUT2D eigenvalue weighted by Gasteiger charge is -2.10. The number of halogens is 2. The molecule has 0 heterocycles. The summed E-state index contributed by atoms with van der Waals surface area (Å²) in [4.78, 5) is 10.8. The minimum atomic E-state index is -1.07. The predicted octanol–water partition coefficient (Wildman–Crippen LogP) is 4.79. The Morgan fingerprint density at radius 1 is 1.16 bits per heavy atom. The molecule has 0 amide bonds. The van der Waals surface area contributed by atoms with Crippen molar-refractivity contribution in [2.75, 3.05) is 0 Å². The number of carboxylic acid groups (broad SMARTS) is 1. The summed E-state index contributed by atoms with van der Waals surface area (Å²) < 4.78 is 5.64. The molecule has 0 saturated heterocycles. The number of carbonyl (C=O) groups is 1. The van der Waals surface area contributed by atoms with Crippen LogP contribution in [0.25, 0.3) is 0 Å². The molecule has 3 nitrogen and oxygen atoms in total. The van der Waals surface area contributed by atoms with Gasteiger partial charge < -0.3 is 9.84 Å². The van der Waals surface area contributed by atoms with Crippen molar-refractivity contribution in [1.82, 2.24) is 0 Å². The summed E-state index contributed by atoms with van der Waals surface area (Å²) in [6.07, 6.45) is 0. The number of benzene rings is 2. The molecule has 2 aromatic rings. The minimum Gasteiger partial charge on any atom is -0.478 e. The Morgan fingerprint density at radius 2 is 1.89 bits per heavy atom. The van der Waals surface area contributed by atoms with Crippen LogP contribution < -0.4 is 4.74 Å². The third kappa shape index (κ3) is 3.19. The van der Waals surface area contributed by atoms with Gasteiger partial charge in [-0.2, -0.15) is 0 Å². The van der Waals surface area contributed by atoms with E-state index in [0.29, 0.717) is 16.5 Å². The van der Waals surface area contributed by atoms with Gasteiger partial charge >= 0.3 is 5.97 Å². The molecule has 0 radical (unpaired) electrons. The lowest BCUT2D eigenvalue weighted by Crippen LogP contribution is -1.97. The number of ether oxygens (including phenoxy) is 1. The van der Waals surface area contributed by atoms with Gasteiger partial charge in [0.05, 0.1) is 10.6 Å². The van der Waals surface area contributed by atoms with E-state index < -0.39 is 5.97 Å². The van der Waals surface area contributed by atoms with E-state index in [9.17, 15) is 4.79 Å². The second kappa shape index (κ2) is 5.51. The van der Waals surface area contributed by atoms with Gasteiger partial charge in [-0.15, -0.1) is 0 Å². The molecule has 0 aliphatic carbocycles. The summed E-state index contributed by atoms with van der Waals surface area (Å²) in [5.74, 6) is -0.0116. The van der Waals surface area contributed by atoms with Crippen LogP contribution in [0.2, 0.25) is 10.0 Å². The van der Waals surface area contributed by atoms with Crippen molar-refractivity contribution in [2.24, 2.45) is 0 Å². The van der Waals surface area contributed by atoms with E-state index in [1.165, 1.54) is 12.1 Å². The Morgan fingerprint density at radius 3 is 2.53 bits per heavy atom. The Labute approximate surface area is 120 Å². The molecule has 0 aliphatic rings. The molecule has 19 heavy (non-hydrogen) atoms. The van der Waals surface area contributed by atoms with Crippen molar-refractivity contribution < 1.29 is 14.6 Å². The van der Waals surface area contributed by atoms with Crippen molar-refractivity contribution in [3.05, 3.63) is 57.6 Å². The smallest absolute Gasteiger partial charge is 0.337 e. The molecule has 0 atom stereocenters. The fourth-order valence-electron chi connectivity index (χ4n) is 1.54. The van der Waals surface area contributed by atoms with Crippen LogP contribution in [0.15, 0.2) is 36.4 Å². The molecule has 5 heteroatoms. The van der Waals surface area contributed by atoms with Crippen LogP contribution >= 0.6 is 23.2 Å². The van der Waals surface area contributed by atoms with Crippen molar-refractivity contribution in [3.8, 4) is 11.5 Å². The molecule has 98 valence electrons. The molecule has 0 aliphatic heterocycles. The summed E-state index contributed by atoms with van der Waals surface area (Å²) >= 11 is 11.8. The Kier molecular flexibility index (Phi) is 3.98. The average molecular weight is 297 g/mol. The van der Waals surface area contributed by atoms with Crippen LogP contribution in [0.4, 0.5) is 0 Å². The van der Waals surface area contributed by atoms with E-state index in [-0.39, 0.29) is 10.6 Å². The summed E-state index contributed by atoms with van der Waals surface area (Å²) in [7, 11) is 0. The normalized spacial score (nSPS) is 10.3. The van der Waals surface area contributed by atoms with Crippen LogP contribution in [0.1, 0.15) is 15.9 Å². The van der Waals surface area contributed by atoms with Gasteiger partial charge in [-0.25, -0.2) is 4.79 Å². The molecule has 0 unspecified atom stereocenters. The highest BCUT2D eigenvalue weighted by molar-refractivity contribution is 6.33. The zero-order chi connectivity index (χ0) is 14.0. The molecule has 0 aromatic heterocycles. The third-order valence-corrected chi connectivity index (χ3v) is 3.10. The van der Waals surface area contributed by atoms with Gasteiger partial charge in [-0.05, 0) is 36.8 Å². The van der Waals surface area contributed by atoms with Gasteiger partial charge in [-0.3, -0.25) is 0 Å². The van der Waals surface area contributed by atoms with Gasteiger partial charge in [-0.1, -0.05) is 29.3 Å². The molecule has 0 bridgehead atoms. The fourth-order valence-corrected chi connectivity index (χ4v) is 1.96. The number of aryl methyl sites for hydroxylation is 1. The lowest BCUT2D eigenvalue weighted by molar-refractivity contribution is 0.0697. The Bertz CT molecular complexity index is 639. The summed E-state index contributed by atoms with van der Waals surface area (Å²) in [6, 6.07) is 9.71. The minimum absolute atomic E-state index is 0.0387. The monoisotopic (exact) mass is 296 g/mol. The van der Waals surface area contributed by atoms with Gasteiger partial charge in [0.1, 0.15) is 11.5 Å². The largest absolute Gasteiger partial charge is 0.478 e. The standard InChI is InChI=1S/C14H10Cl2O3/c1-8-2-3-9(15)6-13(8)19-10-4-5-11(14(17)18)12(16)7-10/h2-7H,1H3,(H,17,18). The van der Waals surface area contributed by atoms with Crippen LogP contribution in [-0.4, -0.2) is 11.1 Å². The van der Waals surface area contributed by atoms with Crippen LogP contribution in [0.3, 0.4) is 0 Å². The first-order valence-corrected chi connectivity index (χ1v) is 6.20. The number of aromatic carboxylic acids is 1. The van der Waals surface area contributed by atoms with E-state index in [4.69, 9.17) is 33.0 Å². The second-order valence-corrected chi connectivity index (χ2v) is 4.80. The van der Waals surface area contributed by atoms with E-state index in [1.807, 2.05) is 13.0 Å². The Balaban J connectivity index is 2.31. The molecule has 2 rings (SSSR count). The van der Waals surface area contributed by atoms with Gasteiger partial charge in [0.25, 0.3) is 0 Å². The molecule has 2 aromatic carbocycles. The maximum absolute atomic E-state index is 10.8. The fraction of sp³-hybridized carbons (Fsp3) is 0.0714. The number of carboxylic acids is 1. The molecule has 0 spiro atoms. The van der Waals surface area contributed by atoms with Crippen LogP contribution in [0.5, 0.6) is 11.5 Å². The van der Waals surface area contributed by atoms with E-state index in [2.05, 4.69) is 0 Å². The van der Waals surface area contributed by atoms with Crippen LogP contribution in [-0.2, 0) is 0 Å². The highest BCUT2D eigenvalue weighted by Crippen LogP contribution is 2.30. The number of hydrogen-bond donors (Lipinski definition) is 1. The highest BCUT2D eigenvalue weighted by atomic mass is 35.5. The predicted molar refractivity (Wildman–Crippen MR) is 74.7 cm³/mol. The quantitative estimate of drug-likeness (QED) is 0.885. The second-order valence-electron chi connectivity index (χ2n) is 3.96. The Hall–Kier alpha value is -1.71. The molecular formula is C14H10Cl2O3.